The van der Waals surface area contributed by atoms with E-state index in [9.17, 15) is 4.79 Å². The Balaban J connectivity index is 1.61. The molecule has 1 aliphatic rings. The molecule has 1 amide bonds. The Hall–Kier alpha value is -2.29. The first-order chi connectivity index (χ1) is 11.8. The monoisotopic (exact) mass is 346 g/mol. The molecule has 0 aliphatic heterocycles. The van der Waals surface area contributed by atoms with Crippen LogP contribution in [0.5, 0.6) is 0 Å². The molecule has 0 aromatic carbocycles. The molecular formula is C16H26N8O. The van der Waals surface area contributed by atoms with Crippen molar-refractivity contribution in [3.05, 3.63) is 24.3 Å². The predicted octanol–water partition coefficient (Wildman–Crippen LogP) is 0.360. The Kier molecular flexibility index (Phi) is 4.36. The van der Waals surface area contributed by atoms with Crippen LogP contribution in [0.3, 0.4) is 0 Å². The number of hydrogen-bond acceptors (Lipinski definition) is 6. The number of hydrogen-bond donors (Lipinski definition) is 1. The Labute approximate surface area is 147 Å². The first-order valence-corrected chi connectivity index (χ1v) is 8.51. The van der Waals surface area contributed by atoms with E-state index in [2.05, 4.69) is 44.7 Å². The van der Waals surface area contributed by atoms with E-state index in [-0.39, 0.29) is 17.5 Å². The van der Waals surface area contributed by atoms with Crippen molar-refractivity contribution in [3.8, 4) is 0 Å². The molecule has 25 heavy (non-hydrogen) atoms. The van der Waals surface area contributed by atoms with Crippen molar-refractivity contribution in [1.82, 2.24) is 40.2 Å². The average Bonchev–Trinajstić information content (AvgIpc) is 2.97. The lowest BCUT2D eigenvalue weighted by atomic mass is 10.0. The molecule has 9 heteroatoms. The van der Waals surface area contributed by atoms with Crippen molar-refractivity contribution in [3.63, 3.8) is 0 Å². The van der Waals surface area contributed by atoms with E-state index in [0.717, 1.165) is 18.5 Å². The highest BCUT2D eigenvalue weighted by Gasteiger charge is 2.53. The molecular weight excluding hydrogens is 320 g/mol. The number of carbonyl (C=O) groups excluding carboxylic acids is 1. The maximum Gasteiger partial charge on any atom is 0.248 e. The molecule has 0 bridgehead atoms. The summed E-state index contributed by atoms with van der Waals surface area (Å²) in [6.45, 7) is 6.73. The van der Waals surface area contributed by atoms with E-state index in [1.54, 1.807) is 21.8 Å². The fraction of sp³-hybridized carbons (Fsp3) is 0.688. The van der Waals surface area contributed by atoms with E-state index in [1.165, 1.54) is 0 Å². The van der Waals surface area contributed by atoms with E-state index in [0.29, 0.717) is 6.54 Å². The van der Waals surface area contributed by atoms with Crippen molar-refractivity contribution in [2.24, 2.45) is 0 Å². The Bertz CT molecular complexity index is 729. The second-order valence-electron chi connectivity index (χ2n) is 7.53. The molecule has 0 saturated heterocycles. The summed E-state index contributed by atoms with van der Waals surface area (Å²) >= 11 is 0. The summed E-state index contributed by atoms with van der Waals surface area (Å²) in [4.78, 5) is 14.7. The molecule has 1 saturated carbocycles. The van der Waals surface area contributed by atoms with Gasteiger partial charge in [-0.3, -0.25) is 14.4 Å². The number of nitrogens with one attached hydrogen (secondary N) is 1. The Morgan fingerprint density at radius 3 is 2.68 bits per heavy atom. The van der Waals surface area contributed by atoms with Crippen molar-refractivity contribution < 1.29 is 4.79 Å². The van der Waals surface area contributed by atoms with Gasteiger partial charge in [0, 0.05) is 12.2 Å². The molecule has 2 aromatic heterocycles. The van der Waals surface area contributed by atoms with E-state index < -0.39 is 5.54 Å². The summed E-state index contributed by atoms with van der Waals surface area (Å²) in [5.41, 5.74) is 0.137. The van der Waals surface area contributed by atoms with E-state index in [1.807, 2.05) is 27.2 Å². The quantitative estimate of drug-likeness (QED) is 0.778. The molecule has 0 radical (unpaired) electrons. The Morgan fingerprint density at radius 2 is 2.12 bits per heavy atom. The molecule has 2 aromatic rings. The number of carbonyl (C=O) groups is 1. The maximum absolute atomic E-state index is 12.6. The number of nitrogens with zero attached hydrogens (tertiary/aromatic N) is 7. The van der Waals surface area contributed by atoms with Gasteiger partial charge in [0.2, 0.25) is 5.91 Å². The zero-order valence-electron chi connectivity index (χ0n) is 15.5. The first kappa shape index (κ1) is 17.5. The SMILES string of the molecule is CC(Cn1cc(C(C)(C)N(C)C)nn1)NC(=O)C1(n2ccnn2)CC1. The molecule has 136 valence electrons. The summed E-state index contributed by atoms with van der Waals surface area (Å²) in [5, 5.41) is 19.3. The summed E-state index contributed by atoms with van der Waals surface area (Å²) in [7, 11) is 4.03. The third-order valence-electron chi connectivity index (χ3n) is 5.13. The van der Waals surface area contributed by atoms with Gasteiger partial charge in [-0.05, 0) is 47.7 Å². The molecule has 1 aliphatic carbocycles. The van der Waals surface area contributed by atoms with Crippen LogP contribution in [0.2, 0.25) is 0 Å². The van der Waals surface area contributed by atoms with Crippen LogP contribution in [0.4, 0.5) is 0 Å². The van der Waals surface area contributed by atoms with Gasteiger partial charge in [-0.1, -0.05) is 10.4 Å². The zero-order chi connectivity index (χ0) is 18.2. The van der Waals surface area contributed by atoms with Gasteiger partial charge < -0.3 is 5.32 Å². The Morgan fingerprint density at radius 1 is 1.40 bits per heavy atom. The zero-order valence-corrected chi connectivity index (χ0v) is 15.5. The van der Waals surface area contributed by atoms with Crippen molar-refractivity contribution in [2.75, 3.05) is 14.1 Å². The number of rotatable bonds is 7. The fourth-order valence-electron chi connectivity index (χ4n) is 2.70. The molecule has 1 atom stereocenters. The summed E-state index contributed by atoms with van der Waals surface area (Å²) in [6, 6.07) is -0.0643. The lowest BCUT2D eigenvalue weighted by molar-refractivity contribution is -0.126. The average molecular weight is 346 g/mol. The van der Waals surface area contributed by atoms with E-state index in [4.69, 9.17) is 0 Å². The minimum atomic E-state index is -0.564. The van der Waals surface area contributed by atoms with Crippen LogP contribution in [0, 0.1) is 0 Å². The molecule has 9 nitrogen and oxygen atoms in total. The van der Waals surface area contributed by atoms with Crippen LogP contribution in [-0.2, 0) is 22.4 Å². The molecule has 2 heterocycles. The predicted molar refractivity (Wildman–Crippen MR) is 91.6 cm³/mol. The van der Waals surface area contributed by atoms with Crippen LogP contribution in [0.1, 0.15) is 39.3 Å². The minimum absolute atomic E-state index is 0.0144. The van der Waals surface area contributed by atoms with Gasteiger partial charge in [-0.2, -0.15) is 0 Å². The third-order valence-corrected chi connectivity index (χ3v) is 5.13. The van der Waals surface area contributed by atoms with Crippen LogP contribution in [0.25, 0.3) is 0 Å². The normalized spacial score (nSPS) is 17.5. The van der Waals surface area contributed by atoms with Crippen LogP contribution in [-0.4, -0.2) is 60.9 Å². The minimum Gasteiger partial charge on any atom is -0.350 e. The summed E-state index contributed by atoms with van der Waals surface area (Å²) < 4.78 is 3.43. The second kappa shape index (κ2) is 6.21. The number of aromatic nitrogens is 6. The standard InChI is InChI=1S/C16H26N8O/c1-12(10-23-11-13(19-21-23)15(2,3)22(4)5)18-14(25)16(6-7-16)24-9-8-17-20-24/h8-9,11-12H,6-7,10H2,1-5H3,(H,18,25). The lowest BCUT2D eigenvalue weighted by Crippen LogP contribution is -2.44. The molecule has 1 N–H and O–H groups in total. The summed E-state index contributed by atoms with van der Waals surface area (Å²) in [5.74, 6) is -0.0144. The topological polar surface area (TPSA) is 93.8 Å². The van der Waals surface area contributed by atoms with Gasteiger partial charge in [0.15, 0.2) is 0 Å². The van der Waals surface area contributed by atoms with E-state index >= 15 is 0 Å². The lowest BCUT2D eigenvalue weighted by Gasteiger charge is -2.30. The smallest absolute Gasteiger partial charge is 0.248 e. The van der Waals surface area contributed by atoms with Crippen molar-refractivity contribution in [1.29, 1.82) is 0 Å². The van der Waals surface area contributed by atoms with Gasteiger partial charge in [0.1, 0.15) is 11.2 Å². The maximum atomic E-state index is 12.6. The van der Waals surface area contributed by atoms with Gasteiger partial charge in [-0.15, -0.1) is 10.2 Å². The van der Waals surface area contributed by atoms with Crippen LogP contribution in [0.15, 0.2) is 18.6 Å². The van der Waals surface area contributed by atoms with Crippen molar-refractivity contribution >= 4 is 5.91 Å². The van der Waals surface area contributed by atoms with Gasteiger partial charge in [0.05, 0.1) is 24.5 Å². The van der Waals surface area contributed by atoms with Gasteiger partial charge >= 0.3 is 0 Å². The largest absolute Gasteiger partial charge is 0.350 e. The second-order valence-corrected chi connectivity index (χ2v) is 7.53. The molecule has 3 rings (SSSR count). The van der Waals surface area contributed by atoms with Crippen molar-refractivity contribution in [2.45, 2.75) is 57.3 Å². The molecule has 1 fully saturated rings. The highest BCUT2D eigenvalue weighted by atomic mass is 16.2. The highest BCUT2D eigenvalue weighted by Crippen LogP contribution is 2.43. The summed E-state index contributed by atoms with van der Waals surface area (Å²) in [6.07, 6.45) is 6.86. The molecule has 0 spiro atoms. The van der Waals surface area contributed by atoms with Crippen LogP contribution >= 0.6 is 0 Å². The third kappa shape index (κ3) is 3.28. The molecule has 1 unspecified atom stereocenters. The highest BCUT2D eigenvalue weighted by molar-refractivity contribution is 5.87. The first-order valence-electron chi connectivity index (χ1n) is 8.51. The fourth-order valence-corrected chi connectivity index (χ4v) is 2.70. The van der Waals surface area contributed by atoms with Gasteiger partial charge in [0.25, 0.3) is 0 Å². The van der Waals surface area contributed by atoms with Gasteiger partial charge in [-0.25, -0.2) is 4.68 Å². The number of amides is 1. The van der Waals surface area contributed by atoms with Crippen LogP contribution < -0.4 is 5.32 Å².